The number of hydrogen-bond donors (Lipinski definition) is 1. The van der Waals surface area contributed by atoms with Crippen LogP contribution < -0.4 is 0 Å². The summed E-state index contributed by atoms with van der Waals surface area (Å²) in [7, 11) is -1.89. The van der Waals surface area contributed by atoms with Gasteiger partial charge in [0.25, 0.3) is 0 Å². The molecule has 10 heavy (non-hydrogen) atoms. The zero-order chi connectivity index (χ0) is 7.56. The van der Waals surface area contributed by atoms with Crippen molar-refractivity contribution in [1.82, 2.24) is 4.98 Å². The van der Waals surface area contributed by atoms with Crippen LogP contribution in [-0.4, -0.2) is 4.98 Å². The molecular weight excluding hydrogens is 155 g/mol. The maximum atomic E-state index is 12.2. The molecule has 0 aromatic carbocycles. The second-order valence-corrected chi connectivity index (χ2v) is 2.62. The third kappa shape index (κ3) is 1.51. The van der Waals surface area contributed by atoms with E-state index in [1.165, 1.54) is 6.20 Å². The van der Waals surface area contributed by atoms with Crippen molar-refractivity contribution in [2.75, 3.05) is 0 Å². The first-order chi connectivity index (χ1) is 4.70. The molecule has 1 aromatic heterocycles. The number of nitrogens with one attached hydrogen (secondary N) is 1. The molecule has 5 heteroatoms. The molecule has 0 atom stereocenters. The Kier molecular flexibility index (Phi) is 1.96. The molecule has 0 saturated heterocycles. The molecule has 0 fully saturated rings. The van der Waals surface area contributed by atoms with E-state index in [0.717, 1.165) is 12.3 Å². The highest BCUT2D eigenvalue weighted by Gasteiger charge is 1.86. The molecule has 0 bridgehead atoms. The van der Waals surface area contributed by atoms with Crippen molar-refractivity contribution >= 4 is 10.6 Å². The summed E-state index contributed by atoms with van der Waals surface area (Å²) < 4.78 is 29.3. The van der Waals surface area contributed by atoms with E-state index in [1.54, 1.807) is 0 Å². The van der Waals surface area contributed by atoms with Gasteiger partial charge >= 0.3 is 0 Å². The number of rotatable bonds is 1. The van der Waals surface area contributed by atoms with Crippen LogP contribution in [-0.2, 0) is 14.8 Å². The van der Waals surface area contributed by atoms with Crippen LogP contribution in [0.4, 0.5) is 4.39 Å². The maximum Gasteiger partial charge on any atom is 0.140 e. The van der Waals surface area contributed by atoms with Gasteiger partial charge in [-0.2, -0.15) is 10.6 Å². The van der Waals surface area contributed by atoms with Gasteiger partial charge in [0.2, 0.25) is 0 Å². The first-order valence-corrected chi connectivity index (χ1v) is 3.58. The molecule has 1 N–H and O–H groups in total. The first-order valence-electron chi connectivity index (χ1n) is 2.43. The van der Waals surface area contributed by atoms with Crippen molar-refractivity contribution in [3.05, 3.63) is 24.3 Å². The van der Waals surface area contributed by atoms with Crippen molar-refractivity contribution < 1.29 is 8.60 Å². The molecule has 0 aliphatic carbocycles. The molecule has 54 valence electrons. The van der Waals surface area contributed by atoms with Crippen LogP contribution in [0.1, 0.15) is 0 Å². The Hall–Kier alpha value is -0.970. The van der Waals surface area contributed by atoms with E-state index in [2.05, 4.69) is 4.98 Å². The number of aromatic nitrogens is 1. The van der Waals surface area contributed by atoms with E-state index in [9.17, 15) is 8.60 Å². The van der Waals surface area contributed by atoms with Crippen molar-refractivity contribution in [2.24, 2.45) is 0 Å². The molecule has 0 radical (unpaired) electrons. The van der Waals surface area contributed by atoms with Crippen LogP contribution >= 0.6 is 0 Å². The van der Waals surface area contributed by atoms with Crippen LogP contribution in [0.25, 0.3) is 0 Å². The topological polar surface area (TPSA) is 53.8 Å². The van der Waals surface area contributed by atoms with E-state index in [1.807, 2.05) is 0 Å². The highest BCUT2D eigenvalue weighted by atomic mass is 32.2. The SMILES string of the molecule is N=[S-](=O)c1cncc(F)c1. The summed E-state index contributed by atoms with van der Waals surface area (Å²) in [4.78, 5) is 3.50. The summed E-state index contributed by atoms with van der Waals surface area (Å²) in [5, 5.41) is 0. The summed E-state index contributed by atoms with van der Waals surface area (Å²) in [6, 6.07) is 1.02. The zero-order valence-electron chi connectivity index (χ0n) is 4.87. The molecule has 0 aliphatic heterocycles. The Balaban J connectivity index is 3.19. The average molecular weight is 159 g/mol. The lowest BCUT2D eigenvalue weighted by Gasteiger charge is -1.98. The van der Waals surface area contributed by atoms with Crippen LogP contribution in [0.5, 0.6) is 0 Å². The molecule has 1 rings (SSSR count). The minimum absolute atomic E-state index is 0.0833. The fourth-order valence-corrected chi connectivity index (χ4v) is 0.870. The van der Waals surface area contributed by atoms with Gasteiger partial charge in [-0.05, 0) is 6.07 Å². The molecule has 0 aliphatic rings. The normalized spacial score (nSPS) is 10.2. The Labute approximate surface area is 58.9 Å². The number of nitrogens with zero attached hydrogens (tertiary/aromatic N) is 1. The van der Waals surface area contributed by atoms with Gasteiger partial charge in [0.05, 0.1) is 6.20 Å². The molecule has 0 saturated carbocycles. The van der Waals surface area contributed by atoms with Gasteiger partial charge in [0, 0.05) is 6.20 Å². The summed E-state index contributed by atoms with van der Waals surface area (Å²) in [5.74, 6) is -0.571. The fraction of sp³-hybridized carbons (Fsp3) is 0. The number of hydrogen-bond acceptors (Lipinski definition) is 4. The lowest BCUT2D eigenvalue weighted by atomic mass is 10.5. The fourth-order valence-electron chi connectivity index (χ4n) is 0.494. The van der Waals surface area contributed by atoms with Crippen molar-refractivity contribution in [3.8, 4) is 0 Å². The van der Waals surface area contributed by atoms with E-state index in [-0.39, 0.29) is 4.90 Å². The van der Waals surface area contributed by atoms with Gasteiger partial charge < -0.3 is 8.99 Å². The summed E-state index contributed by atoms with van der Waals surface area (Å²) >= 11 is 0. The standard InChI is InChI=1S/C5H4FN2OS/c6-4-1-5(10(7)9)3-8-2-4/h1-3,7H/q-1. The van der Waals surface area contributed by atoms with Gasteiger partial charge in [-0.3, -0.25) is 4.98 Å². The first kappa shape index (κ1) is 7.14. The smallest absolute Gasteiger partial charge is 0.140 e. The molecular formula is C5H4FN2OS-. The van der Waals surface area contributed by atoms with Gasteiger partial charge in [0.15, 0.2) is 0 Å². The highest BCUT2D eigenvalue weighted by Crippen LogP contribution is 2.01. The Morgan fingerprint density at radius 2 is 2.30 bits per heavy atom. The van der Waals surface area contributed by atoms with Gasteiger partial charge in [-0.15, -0.1) is 0 Å². The van der Waals surface area contributed by atoms with E-state index in [4.69, 9.17) is 4.78 Å². The van der Waals surface area contributed by atoms with Crippen LogP contribution in [0.3, 0.4) is 0 Å². The molecule has 0 amide bonds. The summed E-state index contributed by atoms with van der Waals surface area (Å²) in [6.45, 7) is 0. The minimum atomic E-state index is -1.89. The Morgan fingerprint density at radius 3 is 2.70 bits per heavy atom. The quantitative estimate of drug-likeness (QED) is 0.628. The monoisotopic (exact) mass is 159 g/mol. The summed E-state index contributed by atoms with van der Waals surface area (Å²) in [5.41, 5.74) is 0. The van der Waals surface area contributed by atoms with E-state index >= 15 is 0 Å². The molecule has 3 nitrogen and oxygen atoms in total. The van der Waals surface area contributed by atoms with Gasteiger partial charge in [-0.25, -0.2) is 4.39 Å². The van der Waals surface area contributed by atoms with Crippen molar-refractivity contribution in [2.45, 2.75) is 4.90 Å². The summed E-state index contributed by atoms with van der Waals surface area (Å²) in [6.07, 6.45) is 2.20. The Morgan fingerprint density at radius 1 is 1.60 bits per heavy atom. The number of pyridine rings is 1. The second kappa shape index (κ2) is 2.74. The van der Waals surface area contributed by atoms with Gasteiger partial charge in [-0.1, -0.05) is 4.90 Å². The van der Waals surface area contributed by atoms with Crippen molar-refractivity contribution in [1.29, 1.82) is 4.78 Å². The van der Waals surface area contributed by atoms with Crippen LogP contribution in [0.15, 0.2) is 23.4 Å². The highest BCUT2D eigenvalue weighted by molar-refractivity contribution is 7.73. The second-order valence-electron chi connectivity index (χ2n) is 1.61. The van der Waals surface area contributed by atoms with Gasteiger partial charge in [0.1, 0.15) is 5.82 Å². The zero-order valence-corrected chi connectivity index (χ0v) is 5.69. The lowest BCUT2D eigenvalue weighted by Crippen LogP contribution is -1.82. The molecule has 0 spiro atoms. The third-order valence-corrected chi connectivity index (χ3v) is 1.55. The van der Waals surface area contributed by atoms with Crippen molar-refractivity contribution in [3.63, 3.8) is 0 Å². The predicted octanol–water partition coefficient (Wildman–Crippen LogP) is 1.31. The minimum Gasteiger partial charge on any atom is -0.440 e. The largest absolute Gasteiger partial charge is 0.440 e. The third-order valence-electron chi connectivity index (χ3n) is 0.894. The molecule has 0 unspecified atom stereocenters. The maximum absolute atomic E-state index is 12.2. The lowest BCUT2D eigenvalue weighted by molar-refractivity contribution is 0.594. The van der Waals surface area contributed by atoms with Crippen LogP contribution in [0, 0.1) is 10.6 Å². The van der Waals surface area contributed by atoms with Crippen LogP contribution in [0.2, 0.25) is 0 Å². The average Bonchev–Trinajstić information content (AvgIpc) is 1.88. The van der Waals surface area contributed by atoms with E-state index < -0.39 is 16.4 Å². The molecule has 1 aromatic rings. The number of halogens is 1. The predicted molar refractivity (Wildman–Crippen MR) is 33.2 cm³/mol. The molecule has 1 heterocycles. The van der Waals surface area contributed by atoms with E-state index in [0.29, 0.717) is 0 Å². The Bertz CT molecular complexity index is 302.